The van der Waals surface area contributed by atoms with E-state index in [9.17, 15) is 23.1 Å². The number of hydrogen-bond acceptors (Lipinski definition) is 6. The van der Waals surface area contributed by atoms with Crippen LogP contribution in [-0.2, 0) is 11.8 Å². The number of benzene rings is 1. The van der Waals surface area contributed by atoms with Crippen LogP contribution >= 0.6 is 27.7 Å². The lowest BCUT2D eigenvalue weighted by atomic mass is 10.1. The van der Waals surface area contributed by atoms with E-state index in [1.807, 2.05) is 24.3 Å². The highest BCUT2D eigenvalue weighted by atomic mass is 79.9. The molecule has 1 amide bonds. The van der Waals surface area contributed by atoms with Gasteiger partial charge in [-0.15, -0.1) is 10.2 Å². The van der Waals surface area contributed by atoms with E-state index < -0.39 is 24.2 Å². The summed E-state index contributed by atoms with van der Waals surface area (Å²) in [7, 11) is 1.68. The zero-order valence-electron chi connectivity index (χ0n) is 13.8. The smallest absolute Gasteiger partial charge is 0.362 e. The molecule has 7 nitrogen and oxygen atoms in total. The van der Waals surface area contributed by atoms with Crippen molar-refractivity contribution in [2.75, 3.05) is 5.75 Å². The third-order valence-corrected chi connectivity index (χ3v) is 5.41. The van der Waals surface area contributed by atoms with E-state index in [4.69, 9.17) is 0 Å². The number of hydrazone groups is 1. The fourth-order valence-corrected chi connectivity index (χ4v) is 3.43. The van der Waals surface area contributed by atoms with Crippen LogP contribution in [0.4, 0.5) is 13.2 Å². The van der Waals surface area contributed by atoms with Crippen LogP contribution in [-0.4, -0.2) is 54.7 Å². The number of thioether (sulfide) groups is 1. The van der Waals surface area contributed by atoms with E-state index >= 15 is 0 Å². The number of aromatic nitrogens is 3. The predicted molar refractivity (Wildman–Crippen MR) is 95.8 cm³/mol. The largest absolute Gasteiger partial charge is 0.438 e. The van der Waals surface area contributed by atoms with Gasteiger partial charge in [0.2, 0.25) is 0 Å². The summed E-state index contributed by atoms with van der Waals surface area (Å²) in [4.78, 5) is 12.2. The molecule has 1 atom stereocenters. The highest BCUT2D eigenvalue weighted by molar-refractivity contribution is 9.10. The van der Waals surface area contributed by atoms with E-state index in [1.165, 1.54) is 0 Å². The molecule has 0 saturated carbocycles. The van der Waals surface area contributed by atoms with Gasteiger partial charge < -0.3 is 9.67 Å². The first-order valence-corrected chi connectivity index (χ1v) is 9.34. The predicted octanol–water partition coefficient (Wildman–Crippen LogP) is 2.81. The SMILES string of the molecule is Cn1c(SCC(=O)N2N=CC[C@]2(O)C(F)(F)F)nnc1-c1ccc(Br)cc1. The van der Waals surface area contributed by atoms with Crippen LogP contribution in [0.2, 0.25) is 0 Å². The van der Waals surface area contributed by atoms with Gasteiger partial charge in [-0.05, 0) is 12.1 Å². The molecule has 1 aliphatic rings. The molecule has 0 radical (unpaired) electrons. The molecule has 0 unspecified atom stereocenters. The van der Waals surface area contributed by atoms with Crippen LogP contribution in [0, 0.1) is 0 Å². The summed E-state index contributed by atoms with van der Waals surface area (Å²) in [6, 6.07) is 7.33. The number of carbonyl (C=O) groups excluding carboxylic acids is 1. The zero-order valence-corrected chi connectivity index (χ0v) is 16.2. The lowest BCUT2D eigenvalue weighted by Crippen LogP contribution is -2.56. The molecule has 12 heteroatoms. The van der Waals surface area contributed by atoms with Crippen LogP contribution in [0.25, 0.3) is 11.4 Å². The van der Waals surface area contributed by atoms with Crippen molar-refractivity contribution < 1.29 is 23.1 Å². The number of hydrogen-bond donors (Lipinski definition) is 1. The topological polar surface area (TPSA) is 83.6 Å². The van der Waals surface area contributed by atoms with Crippen molar-refractivity contribution in [3.63, 3.8) is 0 Å². The van der Waals surface area contributed by atoms with Crippen molar-refractivity contribution in [1.82, 2.24) is 19.8 Å². The van der Waals surface area contributed by atoms with Crippen molar-refractivity contribution in [2.45, 2.75) is 23.5 Å². The Morgan fingerprint density at radius 3 is 2.63 bits per heavy atom. The van der Waals surface area contributed by atoms with Crippen LogP contribution in [0.3, 0.4) is 0 Å². The monoisotopic (exact) mass is 463 g/mol. The Morgan fingerprint density at radius 2 is 2.00 bits per heavy atom. The van der Waals surface area contributed by atoms with Gasteiger partial charge in [0, 0.05) is 29.7 Å². The summed E-state index contributed by atoms with van der Waals surface area (Å²) in [6.45, 7) is 0. The molecular formula is C15H13BrF3N5O2S. The van der Waals surface area contributed by atoms with Gasteiger partial charge in [-0.3, -0.25) is 4.79 Å². The van der Waals surface area contributed by atoms with E-state index in [1.54, 1.807) is 11.6 Å². The van der Waals surface area contributed by atoms with Gasteiger partial charge in [0.05, 0.1) is 5.75 Å². The maximum Gasteiger partial charge on any atom is 0.438 e. The summed E-state index contributed by atoms with van der Waals surface area (Å²) in [5.41, 5.74) is -2.52. The maximum atomic E-state index is 13.0. The second-order valence-electron chi connectivity index (χ2n) is 5.68. The molecule has 1 aromatic carbocycles. The first-order chi connectivity index (χ1) is 12.6. The molecule has 2 aromatic rings. The van der Waals surface area contributed by atoms with Crippen molar-refractivity contribution >= 4 is 39.8 Å². The molecular weight excluding hydrogens is 451 g/mol. The standard InChI is InChI=1S/C15H13BrF3N5O2S/c1-23-12(9-2-4-10(16)5-3-9)21-22-13(23)27-8-11(25)24-14(26,6-7-20-24)15(17,18)19/h2-5,7,26H,6,8H2,1H3/t14-/m0/s1. The quantitative estimate of drug-likeness (QED) is 0.704. The Hall–Kier alpha value is -1.92. The van der Waals surface area contributed by atoms with Gasteiger partial charge in [-0.2, -0.15) is 23.3 Å². The third-order valence-electron chi connectivity index (χ3n) is 3.88. The maximum absolute atomic E-state index is 13.0. The van der Waals surface area contributed by atoms with Crippen molar-refractivity contribution in [3.8, 4) is 11.4 Å². The third kappa shape index (κ3) is 3.73. The number of alkyl halides is 3. The second kappa shape index (κ2) is 7.24. The molecule has 0 saturated heterocycles. The van der Waals surface area contributed by atoms with Crippen molar-refractivity contribution in [1.29, 1.82) is 0 Å². The molecule has 0 aliphatic carbocycles. The molecule has 1 N–H and O–H groups in total. The minimum atomic E-state index is -5.01. The fraction of sp³-hybridized carbons (Fsp3) is 0.333. The van der Waals surface area contributed by atoms with E-state index in [0.29, 0.717) is 11.0 Å². The first-order valence-electron chi connectivity index (χ1n) is 7.56. The molecule has 144 valence electrons. The van der Waals surface area contributed by atoms with E-state index in [-0.39, 0.29) is 10.8 Å². The molecule has 1 aromatic heterocycles. The van der Waals surface area contributed by atoms with Gasteiger partial charge in [0.25, 0.3) is 11.6 Å². The summed E-state index contributed by atoms with van der Waals surface area (Å²) >= 11 is 4.25. The van der Waals surface area contributed by atoms with Gasteiger partial charge in [0.15, 0.2) is 11.0 Å². The highest BCUT2D eigenvalue weighted by Crippen LogP contribution is 2.39. The van der Waals surface area contributed by atoms with Crippen LogP contribution in [0.5, 0.6) is 0 Å². The average Bonchev–Trinajstić information content (AvgIpc) is 3.17. The van der Waals surface area contributed by atoms with E-state index in [0.717, 1.165) is 28.0 Å². The number of halogens is 4. The molecule has 0 bridgehead atoms. The fourth-order valence-electron chi connectivity index (χ4n) is 2.42. The van der Waals surface area contributed by atoms with Crippen LogP contribution in [0.1, 0.15) is 6.42 Å². The normalized spacial score (nSPS) is 19.7. The molecule has 1 aliphatic heterocycles. The minimum Gasteiger partial charge on any atom is -0.362 e. The Kier molecular flexibility index (Phi) is 5.32. The molecule has 27 heavy (non-hydrogen) atoms. The molecule has 2 heterocycles. The average molecular weight is 464 g/mol. The Labute approximate surface area is 164 Å². The minimum absolute atomic E-state index is 0.0754. The number of amides is 1. The number of aliphatic hydroxyl groups is 1. The number of nitrogens with zero attached hydrogens (tertiary/aromatic N) is 5. The highest BCUT2D eigenvalue weighted by Gasteiger charge is 2.61. The first kappa shape index (κ1) is 19.8. The summed E-state index contributed by atoms with van der Waals surface area (Å²) < 4.78 is 41.7. The number of rotatable bonds is 4. The van der Waals surface area contributed by atoms with Crippen LogP contribution < -0.4 is 0 Å². The molecule has 0 spiro atoms. The molecule has 3 rings (SSSR count). The Balaban J connectivity index is 1.71. The van der Waals surface area contributed by atoms with Crippen molar-refractivity contribution in [2.24, 2.45) is 12.1 Å². The van der Waals surface area contributed by atoms with Crippen LogP contribution in [0.15, 0.2) is 39.0 Å². The Bertz CT molecular complexity index is 887. The summed E-state index contributed by atoms with van der Waals surface area (Å²) in [6.07, 6.45) is -4.95. The van der Waals surface area contributed by atoms with Gasteiger partial charge in [0.1, 0.15) is 0 Å². The number of carbonyl (C=O) groups is 1. The van der Waals surface area contributed by atoms with Crippen molar-refractivity contribution in [3.05, 3.63) is 28.7 Å². The Morgan fingerprint density at radius 1 is 1.33 bits per heavy atom. The lowest BCUT2D eigenvalue weighted by Gasteiger charge is -2.32. The summed E-state index contributed by atoms with van der Waals surface area (Å²) in [5.74, 6) is -0.826. The van der Waals surface area contributed by atoms with Gasteiger partial charge in [-0.25, -0.2) is 0 Å². The lowest BCUT2D eigenvalue weighted by molar-refractivity contribution is -0.301. The van der Waals surface area contributed by atoms with Gasteiger partial charge >= 0.3 is 6.18 Å². The van der Waals surface area contributed by atoms with E-state index in [2.05, 4.69) is 31.2 Å². The van der Waals surface area contributed by atoms with Gasteiger partial charge in [-0.1, -0.05) is 39.8 Å². The summed E-state index contributed by atoms with van der Waals surface area (Å²) in [5, 5.41) is 21.6. The zero-order chi connectivity index (χ0) is 19.8. The second-order valence-corrected chi connectivity index (χ2v) is 7.54. The molecule has 0 fully saturated rings.